The lowest BCUT2D eigenvalue weighted by Gasteiger charge is -1.94. The molecule has 0 aliphatic heterocycles. The van der Waals surface area contributed by atoms with E-state index in [1.54, 1.807) is 6.92 Å². The minimum absolute atomic E-state index is 0.252. The Hall–Kier alpha value is -1.32. The Labute approximate surface area is 51.9 Å². The van der Waals surface area contributed by atoms with E-state index in [-0.39, 0.29) is 5.56 Å². The van der Waals surface area contributed by atoms with Crippen molar-refractivity contribution in [2.75, 3.05) is 5.84 Å². The fourth-order valence-electron chi connectivity index (χ4n) is 0.527. The largest absolute Gasteiger partial charge is 0.336 e. The van der Waals surface area contributed by atoms with Gasteiger partial charge in [-0.3, -0.25) is 9.78 Å². The van der Waals surface area contributed by atoms with Gasteiger partial charge in [0, 0.05) is 12.4 Å². The van der Waals surface area contributed by atoms with E-state index in [1.165, 1.54) is 12.4 Å². The maximum Gasteiger partial charge on any atom is 0.289 e. The third-order valence-corrected chi connectivity index (χ3v) is 1.04. The van der Waals surface area contributed by atoms with E-state index in [1.807, 2.05) is 0 Å². The normalized spacial score (nSPS) is 9.44. The number of hydrogen-bond donors (Lipinski definition) is 1. The van der Waals surface area contributed by atoms with E-state index in [0.29, 0.717) is 5.69 Å². The first-order valence-corrected chi connectivity index (χ1v) is 2.51. The first-order chi connectivity index (χ1) is 4.22. The first-order valence-electron chi connectivity index (χ1n) is 2.51. The summed E-state index contributed by atoms with van der Waals surface area (Å²) in [5.41, 5.74) is 0.164. The van der Waals surface area contributed by atoms with Gasteiger partial charge in [-0.05, 0) is 6.92 Å². The summed E-state index contributed by atoms with van der Waals surface area (Å²) in [6.45, 7) is 1.62. The molecule has 0 amide bonds. The molecule has 1 aromatic heterocycles. The average molecular weight is 125 g/mol. The van der Waals surface area contributed by atoms with E-state index in [2.05, 4.69) is 4.98 Å². The zero-order chi connectivity index (χ0) is 6.85. The predicted molar refractivity (Wildman–Crippen MR) is 33.4 cm³/mol. The van der Waals surface area contributed by atoms with Crippen LogP contribution in [0.3, 0.4) is 0 Å². The summed E-state index contributed by atoms with van der Waals surface area (Å²) >= 11 is 0. The van der Waals surface area contributed by atoms with E-state index < -0.39 is 0 Å². The minimum atomic E-state index is -0.252. The number of nitrogens with zero attached hydrogens (tertiary/aromatic N) is 2. The number of nitrogen functional groups attached to an aromatic ring is 1. The number of aryl methyl sites for hydroxylation is 1. The number of hydrogen-bond acceptors (Lipinski definition) is 3. The second-order valence-electron chi connectivity index (χ2n) is 1.73. The Bertz CT molecular complexity index is 242. The number of nitrogens with two attached hydrogens (primary N) is 1. The van der Waals surface area contributed by atoms with Crippen LogP contribution in [0.15, 0.2) is 17.2 Å². The topological polar surface area (TPSA) is 60.9 Å². The molecule has 0 bridgehead atoms. The van der Waals surface area contributed by atoms with Crippen LogP contribution in [0.5, 0.6) is 0 Å². The Morgan fingerprint density at radius 2 is 2.44 bits per heavy atom. The van der Waals surface area contributed by atoms with E-state index in [0.717, 1.165) is 4.68 Å². The second kappa shape index (κ2) is 1.89. The van der Waals surface area contributed by atoms with Crippen molar-refractivity contribution in [3.63, 3.8) is 0 Å². The molecular formula is C5H7N3O. The molecule has 4 nitrogen and oxygen atoms in total. The zero-order valence-corrected chi connectivity index (χ0v) is 5.03. The molecule has 0 aromatic carbocycles. The van der Waals surface area contributed by atoms with Gasteiger partial charge in [0.15, 0.2) is 0 Å². The van der Waals surface area contributed by atoms with Crippen molar-refractivity contribution in [3.05, 3.63) is 28.4 Å². The van der Waals surface area contributed by atoms with Crippen LogP contribution in [-0.4, -0.2) is 9.66 Å². The molecular weight excluding hydrogens is 118 g/mol. The highest BCUT2D eigenvalue weighted by atomic mass is 16.1. The molecule has 0 aliphatic carbocycles. The highest BCUT2D eigenvalue weighted by Gasteiger charge is 1.92. The van der Waals surface area contributed by atoms with Crippen LogP contribution in [0.25, 0.3) is 0 Å². The molecule has 0 saturated carbocycles. The van der Waals surface area contributed by atoms with Gasteiger partial charge in [-0.1, -0.05) is 0 Å². The molecule has 0 saturated heterocycles. The lowest BCUT2D eigenvalue weighted by Crippen LogP contribution is -2.28. The van der Waals surface area contributed by atoms with Crippen LogP contribution >= 0.6 is 0 Å². The Morgan fingerprint density at radius 1 is 1.78 bits per heavy atom. The van der Waals surface area contributed by atoms with Crippen molar-refractivity contribution in [1.82, 2.24) is 9.66 Å². The summed E-state index contributed by atoms with van der Waals surface area (Å²) in [7, 11) is 0. The van der Waals surface area contributed by atoms with Crippen molar-refractivity contribution in [1.29, 1.82) is 0 Å². The molecule has 9 heavy (non-hydrogen) atoms. The van der Waals surface area contributed by atoms with Crippen LogP contribution < -0.4 is 11.4 Å². The summed E-state index contributed by atoms with van der Waals surface area (Å²) in [5.74, 6) is 5.18. The molecule has 1 rings (SSSR count). The van der Waals surface area contributed by atoms with Crippen LogP contribution in [-0.2, 0) is 0 Å². The lowest BCUT2D eigenvalue weighted by molar-refractivity contribution is 0.883. The third kappa shape index (κ3) is 0.910. The van der Waals surface area contributed by atoms with Gasteiger partial charge in [-0.25, -0.2) is 4.68 Å². The molecule has 1 heterocycles. The summed E-state index contributed by atoms with van der Waals surface area (Å²) in [4.78, 5) is 14.5. The first kappa shape index (κ1) is 5.81. The van der Waals surface area contributed by atoms with Crippen LogP contribution in [0.4, 0.5) is 0 Å². The molecule has 0 radical (unpaired) electrons. The van der Waals surface area contributed by atoms with Gasteiger partial charge in [0.1, 0.15) is 5.69 Å². The van der Waals surface area contributed by atoms with Gasteiger partial charge >= 0.3 is 0 Å². The second-order valence-corrected chi connectivity index (χ2v) is 1.73. The standard InChI is InChI=1S/C5H7N3O/c1-4-5(9)8(6)3-2-7-4/h2-3H,6H2,1H3. The molecule has 4 heteroatoms. The van der Waals surface area contributed by atoms with Crippen molar-refractivity contribution in [2.45, 2.75) is 6.92 Å². The number of aromatic nitrogens is 2. The van der Waals surface area contributed by atoms with Gasteiger partial charge in [0.05, 0.1) is 0 Å². The molecule has 0 spiro atoms. The molecule has 0 aliphatic rings. The number of rotatable bonds is 0. The molecule has 1 aromatic rings. The Balaban J connectivity index is 3.43. The summed E-state index contributed by atoms with van der Waals surface area (Å²) in [6, 6.07) is 0. The summed E-state index contributed by atoms with van der Waals surface area (Å²) < 4.78 is 1.00. The van der Waals surface area contributed by atoms with Crippen molar-refractivity contribution in [2.24, 2.45) is 0 Å². The fourth-order valence-corrected chi connectivity index (χ4v) is 0.527. The third-order valence-electron chi connectivity index (χ3n) is 1.04. The minimum Gasteiger partial charge on any atom is -0.336 e. The fraction of sp³-hybridized carbons (Fsp3) is 0.200. The monoisotopic (exact) mass is 125 g/mol. The highest BCUT2D eigenvalue weighted by molar-refractivity contribution is 4.93. The maximum atomic E-state index is 10.7. The highest BCUT2D eigenvalue weighted by Crippen LogP contribution is 1.75. The van der Waals surface area contributed by atoms with Gasteiger partial charge in [-0.2, -0.15) is 0 Å². The molecule has 0 unspecified atom stereocenters. The van der Waals surface area contributed by atoms with Gasteiger partial charge < -0.3 is 5.84 Å². The SMILES string of the molecule is Cc1nccn(N)c1=O. The molecule has 48 valence electrons. The van der Waals surface area contributed by atoms with Crippen LogP contribution in [0.1, 0.15) is 5.69 Å². The van der Waals surface area contributed by atoms with E-state index in [4.69, 9.17) is 5.84 Å². The van der Waals surface area contributed by atoms with Crippen LogP contribution in [0, 0.1) is 6.92 Å². The quantitative estimate of drug-likeness (QED) is 0.465. The summed E-state index contributed by atoms with van der Waals surface area (Å²) in [6.07, 6.45) is 2.89. The van der Waals surface area contributed by atoms with Gasteiger partial charge in [0.25, 0.3) is 5.56 Å². The van der Waals surface area contributed by atoms with Crippen molar-refractivity contribution in [3.8, 4) is 0 Å². The van der Waals surface area contributed by atoms with Crippen molar-refractivity contribution >= 4 is 0 Å². The van der Waals surface area contributed by atoms with E-state index in [9.17, 15) is 4.79 Å². The molecule has 0 atom stereocenters. The Morgan fingerprint density at radius 3 is 2.89 bits per heavy atom. The van der Waals surface area contributed by atoms with E-state index >= 15 is 0 Å². The molecule has 2 N–H and O–H groups in total. The lowest BCUT2D eigenvalue weighted by atomic mass is 10.5. The average Bonchev–Trinajstić information content (AvgIpc) is 1.83. The summed E-state index contributed by atoms with van der Waals surface area (Å²) in [5, 5.41) is 0. The van der Waals surface area contributed by atoms with Crippen molar-refractivity contribution < 1.29 is 0 Å². The maximum absolute atomic E-state index is 10.7. The smallest absolute Gasteiger partial charge is 0.289 e. The Kier molecular flexibility index (Phi) is 1.22. The van der Waals surface area contributed by atoms with Gasteiger partial charge in [-0.15, -0.1) is 0 Å². The van der Waals surface area contributed by atoms with Crippen LogP contribution in [0.2, 0.25) is 0 Å². The molecule has 0 fully saturated rings. The van der Waals surface area contributed by atoms with Gasteiger partial charge in [0.2, 0.25) is 0 Å². The zero-order valence-electron chi connectivity index (χ0n) is 5.03. The predicted octanol–water partition coefficient (Wildman–Crippen LogP) is -0.734.